The first kappa shape index (κ1) is 12.6. The predicted molar refractivity (Wildman–Crippen MR) is 80.9 cm³/mol. The van der Waals surface area contributed by atoms with Crippen LogP contribution in [0.5, 0.6) is 0 Å². The summed E-state index contributed by atoms with van der Waals surface area (Å²) in [7, 11) is 0. The van der Waals surface area contributed by atoms with E-state index in [2.05, 4.69) is 42.4 Å². The van der Waals surface area contributed by atoms with Gasteiger partial charge in [0.25, 0.3) is 0 Å². The molecule has 0 amide bonds. The first-order chi connectivity index (χ1) is 9.75. The largest absolute Gasteiger partial charge is 0.220 e. The van der Waals surface area contributed by atoms with Crippen molar-refractivity contribution in [3.05, 3.63) is 66.4 Å². The van der Waals surface area contributed by atoms with Crippen LogP contribution >= 0.6 is 0 Å². The molecule has 0 atom stereocenters. The van der Waals surface area contributed by atoms with Crippen LogP contribution < -0.4 is 0 Å². The third-order valence-electron chi connectivity index (χ3n) is 3.37. The van der Waals surface area contributed by atoms with Crippen molar-refractivity contribution in [1.29, 1.82) is 0 Å². The van der Waals surface area contributed by atoms with Gasteiger partial charge in [-0.2, -0.15) is 0 Å². The van der Waals surface area contributed by atoms with E-state index in [9.17, 15) is 0 Å². The van der Waals surface area contributed by atoms with Gasteiger partial charge in [0, 0.05) is 5.56 Å². The van der Waals surface area contributed by atoms with E-state index >= 15 is 0 Å². The number of hydrogen-bond acceptors (Lipinski definition) is 2. The second kappa shape index (κ2) is 5.29. The van der Waals surface area contributed by atoms with Crippen LogP contribution in [0.15, 0.2) is 60.8 Å². The van der Waals surface area contributed by atoms with E-state index in [1.165, 1.54) is 5.56 Å². The molecule has 3 rings (SSSR count). The van der Waals surface area contributed by atoms with Crippen LogP contribution in [0.3, 0.4) is 0 Å². The molecular formula is C17H17N3. The van der Waals surface area contributed by atoms with Gasteiger partial charge >= 0.3 is 0 Å². The molecular weight excluding hydrogens is 246 g/mol. The lowest BCUT2D eigenvalue weighted by Gasteiger charge is -2.11. The molecule has 1 heterocycles. The predicted octanol–water partition coefficient (Wildman–Crippen LogP) is 4.06. The van der Waals surface area contributed by atoms with Gasteiger partial charge in [-0.15, -0.1) is 5.10 Å². The van der Waals surface area contributed by atoms with Crippen LogP contribution in [0.1, 0.15) is 25.3 Å². The molecule has 0 aliphatic rings. The Kier molecular flexibility index (Phi) is 3.33. The summed E-state index contributed by atoms with van der Waals surface area (Å²) in [6, 6.07) is 18.4. The zero-order valence-corrected chi connectivity index (χ0v) is 11.7. The minimum Gasteiger partial charge on any atom is -0.220 e. The fraction of sp³-hybridized carbons (Fsp3) is 0.176. The standard InChI is InChI=1S/C17H17N3/c1-13(2)15-10-6-7-11-17(15)20-12-16(18-19-20)14-8-4-3-5-9-14/h3-13H,1-2H3. The van der Waals surface area contributed by atoms with E-state index < -0.39 is 0 Å². The molecule has 0 aliphatic heterocycles. The second-order valence-electron chi connectivity index (χ2n) is 5.13. The van der Waals surface area contributed by atoms with E-state index in [-0.39, 0.29) is 0 Å². The summed E-state index contributed by atoms with van der Waals surface area (Å²) in [5.41, 5.74) is 4.35. The number of hydrogen-bond donors (Lipinski definition) is 0. The number of para-hydroxylation sites is 1. The Morgan fingerprint density at radius 1 is 0.900 bits per heavy atom. The van der Waals surface area contributed by atoms with Crippen molar-refractivity contribution < 1.29 is 0 Å². The second-order valence-corrected chi connectivity index (χ2v) is 5.13. The Labute approximate surface area is 118 Å². The summed E-state index contributed by atoms with van der Waals surface area (Å²) >= 11 is 0. The molecule has 0 spiro atoms. The maximum atomic E-state index is 4.28. The zero-order chi connectivity index (χ0) is 13.9. The molecule has 0 fully saturated rings. The van der Waals surface area contributed by atoms with Crippen molar-refractivity contribution in [2.45, 2.75) is 19.8 Å². The van der Waals surface area contributed by atoms with Crippen LogP contribution in [-0.4, -0.2) is 15.0 Å². The molecule has 0 saturated carbocycles. The van der Waals surface area contributed by atoms with E-state index in [4.69, 9.17) is 0 Å². The number of aromatic nitrogens is 3. The van der Waals surface area contributed by atoms with Crippen LogP contribution in [-0.2, 0) is 0 Å². The Hall–Kier alpha value is -2.42. The number of nitrogens with zero attached hydrogens (tertiary/aromatic N) is 3. The summed E-state index contributed by atoms with van der Waals surface area (Å²) in [6.07, 6.45) is 1.98. The fourth-order valence-electron chi connectivity index (χ4n) is 2.31. The summed E-state index contributed by atoms with van der Waals surface area (Å²) in [5, 5.41) is 8.55. The molecule has 0 aliphatic carbocycles. The maximum absolute atomic E-state index is 4.28. The molecule has 0 unspecified atom stereocenters. The van der Waals surface area contributed by atoms with Gasteiger partial charge in [0.2, 0.25) is 0 Å². The highest BCUT2D eigenvalue weighted by molar-refractivity contribution is 5.58. The summed E-state index contributed by atoms with van der Waals surface area (Å²) in [4.78, 5) is 0. The Morgan fingerprint density at radius 2 is 1.60 bits per heavy atom. The van der Waals surface area contributed by atoms with Crippen LogP contribution in [0, 0.1) is 0 Å². The van der Waals surface area contributed by atoms with Crippen molar-refractivity contribution in [2.75, 3.05) is 0 Å². The van der Waals surface area contributed by atoms with Crippen LogP contribution in [0.4, 0.5) is 0 Å². The topological polar surface area (TPSA) is 30.7 Å². The van der Waals surface area contributed by atoms with Gasteiger partial charge in [-0.25, -0.2) is 4.68 Å². The molecule has 3 aromatic rings. The van der Waals surface area contributed by atoms with Gasteiger partial charge < -0.3 is 0 Å². The van der Waals surface area contributed by atoms with Gasteiger partial charge in [-0.3, -0.25) is 0 Å². The van der Waals surface area contributed by atoms with E-state index in [1.807, 2.05) is 47.3 Å². The van der Waals surface area contributed by atoms with Gasteiger partial charge in [0.15, 0.2) is 0 Å². The van der Waals surface area contributed by atoms with Crippen LogP contribution in [0.25, 0.3) is 16.9 Å². The molecule has 1 aromatic heterocycles. The molecule has 0 N–H and O–H groups in total. The number of benzene rings is 2. The number of rotatable bonds is 3. The van der Waals surface area contributed by atoms with Gasteiger partial charge in [0.05, 0.1) is 11.9 Å². The Balaban J connectivity index is 2.03. The minimum atomic E-state index is 0.454. The first-order valence-corrected chi connectivity index (χ1v) is 6.83. The van der Waals surface area contributed by atoms with Crippen molar-refractivity contribution in [3.63, 3.8) is 0 Å². The summed E-state index contributed by atoms with van der Waals surface area (Å²) in [5.74, 6) is 0.454. The first-order valence-electron chi connectivity index (χ1n) is 6.83. The normalized spacial score (nSPS) is 10.9. The van der Waals surface area contributed by atoms with Gasteiger partial charge in [-0.05, 0) is 17.5 Å². The van der Waals surface area contributed by atoms with Gasteiger partial charge in [0.1, 0.15) is 5.69 Å². The molecule has 100 valence electrons. The Morgan fingerprint density at radius 3 is 2.35 bits per heavy atom. The molecule has 0 saturated heterocycles. The van der Waals surface area contributed by atoms with Crippen molar-refractivity contribution >= 4 is 0 Å². The summed E-state index contributed by atoms with van der Waals surface area (Å²) < 4.78 is 1.86. The van der Waals surface area contributed by atoms with Crippen molar-refractivity contribution in [3.8, 4) is 16.9 Å². The average Bonchev–Trinajstić information content (AvgIpc) is 2.98. The molecule has 0 radical (unpaired) electrons. The van der Waals surface area contributed by atoms with Crippen molar-refractivity contribution in [2.24, 2.45) is 0 Å². The fourth-order valence-corrected chi connectivity index (χ4v) is 2.31. The average molecular weight is 263 g/mol. The summed E-state index contributed by atoms with van der Waals surface area (Å²) in [6.45, 7) is 4.38. The lowest BCUT2D eigenvalue weighted by atomic mass is 10.0. The molecule has 2 aromatic carbocycles. The lowest BCUT2D eigenvalue weighted by Crippen LogP contribution is -2.01. The van der Waals surface area contributed by atoms with E-state index in [0.717, 1.165) is 16.9 Å². The monoisotopic (exact) mass is 263 g/mol. The highest BCUT2D eigenvalue weighted by atomic mass is 15.4. The SMILES string of the molecule is CC(C)c1ccccc1-n1cc(-c2ccccc2)nn1. The minimum absolute atomic E-state index is 0.454. The third-order valence-corrected chi connectivity index (χ3v) is 3.37. The lowest BCUT2D eigenvalue weighted by molar-refractivity contribution is 0.771. The quantitative estimate of drug-likeness (QED) is 0.713. The van der Waals surface area contributed by atoms with E-state index in [1.54, 1.807) is 0 Å². The van der Waals surface area contributed by atoms with Crippen LogP contribution in [0.2, 0.25) is 0 Å². The smallest absolute Gasteiger partial charge is 0.113 e. The van der Waals surface area contributed by atoms with E-state index in [0.29, 0.717) is 5.92 Å². The molecule has 3 nitrogen and oxygen atoms in total. The highest BCUT2D eigenvalue weighted by Crippen LogP contribution is 2.23. The zero-order valence-electron chi connectivity index (χ0n) is 11.7. The Bertz CT molecular complexity index is 699. The molecule has 20 heavy (non-hydrogen) atoms. The molecule has 0 bridgehead atoms. The third kappa shape index (κ3) is 2.35. The maximum Gasteiger partial charge on any atom is 0.113 e. The van der Waals surface area contributed by atoms with Gasteiger partial charge in [-0.1, -0.05) is 67.6 Å². The highest BCUT2D eigenvalue weighted by Gasteiger charge is 2.10. The van der Waals surface area contributed by atoms with Crippen molar-refractivity contribution in [1.82, 2.24) is 15.0 Å². The molecule has 3 heteroatoms.